The van der Waals surface area contributed by atoms with Gasteiger partial charge in [0, 0.05) is 18.7 Å². The van der Waals surface area contributed by atoms with E-state index >= 15 is 0 Å². The molecule has 1 aromatic heterocycles. The second-order valence-electron chi connectivity index (χ2n) is 6.84. The second-order valence-corrected chi connectivity index (χ2v) is 6.84. The molecule has 0 amide bonds. The zero-order chi connectivity index (χ0) is 20.1. The first-order valence-electron chi connectivity index (χ1n) is 8.73. The van der Waals surface area contributed by atoms with E-state index in [-0.39, 0.29) is 17.4 Å². The van der Waals surface area contributed by atoms with Crippen LogP contribution >= 0.6 is 0 Å². The van der Waals surface area contributed by atoms with Crippen molar-refractivity contribution in [1.82, 2.24) is 9.88 Å². The van der Waals surface area contributed by atoms with Crippen LogP contribution in [0.3, 0.4) is 0 Å². The van der Waals surface area contributed by atoms with E-state index in [1.54, 1.807) is 11.8 Å². The van der Waals surface area contributed by atoms with E-state index in [1.165, 1.54) is 6.08 Å². The highest BCUT2D eigenvalue weighted by Gasteiger charge is 2.48. The largest absolute Gasteiger partial charge is 0.432 e. The fourth-order valence-electron chi connectivity index (χ4n) is 3.12. The minimum absolute atomic E-state index is 0.0819. The van der Waals surface area contributed by atoms with Gasteiger partial charge in [-0.1, -0.05) is 6.58 Å². The molecule has 1 aromatic rings. The van der Waals surface area contributed by atoms with Gasteiger partial charge < -0.3 is 24.1 Å². The standard InChI is InChI=1S/C18H18N2O8/c1-3-10-9(2)13-14-15(19-10)25-11(21)7-18(24,16(23)27-13)8-12(22)26-17(28-14)20-5-4-6-20/h3,17,24H,1,4-8H2,2H3/t17-,18+/m1/s1. The maximum Gasteiger partial charge on any atom is 0.344 e. The SMILES string of the molecule is C=Cc1nc2c3c(c1C)OC(=O)[C@](O)(CC(=O)O2)CC(=O)O[C@@H](N1CCC1)O3. The molecular formula is C18H18N2O8. The third kappa shape index (κ3) is 3.00. The number of hydrogen-bond donors (Lipinski definition) is 1. The molecule has 148 valence electrons. The molecule has 0 aromatic carbocycles. The van der Waals surface area contributed by atoms with E-state index < -0.39 is 42.8 Å². The Hall–Kier alpha value is -2.98. The number of carbonyl (C=O) groups is 3. The fraction of sp³-hybridized carbons (Fsp3) is 0.444. The van der Waals surface area contributed by atoms with Crippen LogP contribution in [0.5, 0.6) is 17.4 Å². The molecule has 10 heteroatoms. The summed E-state index contributed by atoms with van der Waals surface area (Å²) in [7, 11) is 0. The molecule has 1 fully saturated rings. The van der Waals surface area contributed by atoms with Crippen LogP contribution in [0, 0.1) is 6.92 Å². The van der Waals surface area contributed by atoms with Crippen LogP contribution in [0.25, 0.3) is 6.08 Å². The second kappa shape index (κ2) is 6.57. The van der Waals surface area contributed by atoms with Gasteiger partial charge in [0.15, 0.2) is 11.4 Å². The van der Waals surface area contributed by atoms with E-state index in [1.807, 2.05) is 0 Å². The van der Waals surface area contributed by atoms with Gasteiger partial charge in [0.25, 0.3) is 5.88 Å². The zero-order valence-electron chi connectivity index (χ0n) is 15.1. The molecule has 0 radical (unpaired) electrons. The lowest BCUT2D eigenvalue weighted by Gasteiger charge is -2.37. The van der Waals surface area contributed by atoms with Gasteiger partial charge >= 0.3 is 24.3 Å². The molecule has 0 spiro atoms. The number of ether oxygens (including phenoxy) is 4. The number of hydrogen-bond acceptors (Lipinski definition) is 10. The Balaban J connectivity index is 1.93. The summed E-state index contributed by atoms with van der Waals surface area (Å²) < 4.78 is 21.8. The zero-order valence-corrected chi connectivity index (χ0v) is 15.1. The van der Waals surface area contributed by atoms with Gasteiger partial charge in [-0.05, 0) is 19.4 Å². The molecule has 4 heterocycles. The topological polar surface area (TPSA) is 124 Å². The highest BCUT2D eigenvalue weighted by Crippen LogP contribution is 2.44. The van der Waals surface area contributed by atoms with Crippen LogP contribution in [0.2, 0.25) is 0 Å². The first-order chi connectivity index (χ1) is 13.3. The highest BCUT2D eigenvalue weighted by molar-refractivity contribution is 5.93. The maximum atomic E-state index is 12.7. The van der Waals surface area contributed by atoms with Crippen LogP contribution in [0.1, 0.15) is 30.5 Å². The van der Waals surface area contributed by atoms with Crippen molar-refractivity contribution in [1.29, 1.82) is 0 Å². The van der Waals surface area contributed by atoms with Crippen molar-refractivity contribution in [2.75, 3.05) is 13.1 Å². The minimum atomic E-state index is -2.45. The summed E-state index contributed by atoms with van der Waals surface area (Å²) in [5.74, 6) is -3.59. The van der Waals surface area contributed by atoms with Crippen LogP contribution in [-0.4, -0.2) is 58.0 Å². The molecule has 0 saturated carbocycles. The molecule has 4 bridgehead atoms. The molecule has 0 unspecified atom stereocenters. The number of pyridine rings is 1. The molecule has 0 aliphatic carbocycles. The molecule has 1 saturated heterocycles. The summed E-state index contributed by atoms with van der Waals surface area (Å²) >= 11 is 0. The van der Waals surface area contributed by atoms with E-state index in [2.05, 4.69) is 11.6 Å². The van der Waals surface area contributed by atoms with Gasteiger partial charge in [0.2, 0.25) is 5.75 Å². The number of aliphatic hydroxyl groups is 1. The third-order valence-corrected chi connectivity index (χ3v) is 4.84. The summed E-state index contributed by atoms with van der Waals surface area (Å²) in [6.45, 7) is 6.48. The van der Waals surface area contributed by atoms with Crippen LogP contribution in [0.15, 0.2) is 6.58 Å². The number of rotatable bonds is 2. The monoisotopic (exact) mass is 390 g/mol. The van der Waals surface area contributed by atoms with Gasteiger partial charge in [0.1, 0.15) is 0 Å². The average molecular weight is 390 g/mol. The Morgan fingerprint density at radius 1 is 1.14 bits per heavy atom. The number of cyclic esters (lactones) is 1. The van der Waals surface area contributed by atoms with Gasteiger partial charge in [-0.25, -0.2) is 14.7 Å². The Morgan fingerprint density at radius 2 is 1.86 bits per heavy atom. The van der Waals surface area contributed by atoms with E-state index in [0.717, 1.165) is 6.42 Å². The summed E-state index contributed by atoms with van der Waals surface area (Å²) in [5.41, 5.74) is -1.76. The van der Waals surface area contributed by atoms with E-state index in [9.17, 15) is 19.5 Å². The molecule has 3 aliphatic rings. The van der Waals surface area contributed by atoms with Gasteiger partial charge in [-0.15, -0.1) is 0 Å². The molecule has 28 heavy (non-hydrogen) atoms. The lowest BCUT2D eigenvalue weighted by Crippen LogP contribution is -2.52. The van der Waals surface area contributed by atoms with Gasteiger partial charge in [-0.2, -0.15) is 0 Å². The quantitative estimate of drug-likeness (QED) is 0.705. The summed E-state index contributed by atoms with van der Waals surface area (Å²) in [6.07, 6.45) is -0.459. The predicted molar refractivity (Wildman–Crippen MR) is 91.2 cm³/mol. The Morgan fingerprint density at radius 3 is 2.50 bits per heavy atom. The van der Waals surface area contributed by atoms with Crippen LogP contribution < -0.4 is 14.2 Å². The van der Waals surface area contributed by atoms with Gasteiger partial charge in [-0.3, -0.25) is 9.59 Å². The molecule has 4 rings (SSSR count). The van der Waals surface area contributed by atoms with Crippen molar-refractivity contribution in [2.24, 2.45) is 0 Å². The molecule has 10 nitrogen and oxygen atoms in total. The fourth-order valence-corrected chi connectivity index (χ4v) is 3.12. The van der Waals surface area contributed by atoms with Crippen molar-refractivity contribution in [3.63, 3.8) is 0 Å². The third-order valence-electron chi connectivity index (χ3n) is 4.84. The van der Waals surface area contributed by atoms with Crippen molar-refractivity contribution >= 4 is 24.0 Å². The predicted octanol–water partition coefficient (Wildman–Crippen LogP) is 0.294. The van der Waals surface area contributed by atoms with Gasteiger partial charge in [0.05, 0.1) is 18.5 Å². The summed E-state index contributed by atoms with van der Waals surface area (Å²) in [4.78, 5) is 43.2. The summed E-state index contributed by atoms with van der Waals surface area (Å²) in [6, 6.07) is 0. The number of fused-ring (bicyclic) bond motifs is 2. The Bertz CT molecular complexity index is 894. The minimum Gasteiger partial charge on any atom is -0.432 e. The number of esters is 3. The first-order valence-corrected chi connectivity index (χ1v) is 8.73. The number of aromatic nitrogens is 1. The number of nitrogens with zero attached hydrogens (tertiary/aromatic N) is 2. The number of carbonyl (C=O) groups excluding carboxylic acids is 3. The normalized spacial score (nSPS) is 27.4. The molecule has 1 N–H and O–H groups in total. The number of likely N-dealkylation sites (tertiary alicyclic amines) is 1. The van der Waals surface area contributed by atoms with Crippen molar-refractivity contribution < 1.29 is 38.4 Å². The van der Waals surface area contributed by atoms with Crippen LogP contribution in [-0.2, 0) is 19.1 Å². The van der Waals surface area contributed by atoms with Crippen molar-refractivity contribution in [3.8, 4) is 17.4 Å². The lowest BCUT2D eigenvalue weighted by atomic mass is 9.95. The van der Waals surface area contributed by atoms with Crippen LogP contribution in [0.4, 0.5) is 0 Å². The van der Waals surface area contributed by atoms with Crippen molar-refractivity contribution in [2.45, 2.75) is 38.2 Å². The smallest absolute Gasteiger partial charge is 0.344 e. The highest BCUT2D eigenvalue weighted by atomic mass is 16.7. The average Bonchev–Trinajstić information content (AvgIpc) is 2.57. The van der Waals surface area contributed by atoms with E-state index in [0.29, 0.717) is 24.3 Å². The first kappa shape index (κ1) is 18.4. The Kier molecular flexibility index (Phi) is 4.31. The van der Waals surface area contributed by atoms with Crippen molar-refractivity contribution in [3.05, 3.63) is 17.8 Å². The molecule has 3 aliphatic heterocycles. The maximum absolute atomic E-state index is 12.7. The Labute approximate surface area is 159 Å². The van der Waals surface area contributed by atoms with E-state index in [4.69, 9.17) is 18.9 Å². The molecule has 2 atom stereocenters. The lowest BCUT2D eigenvalue weighted by molar-refractivity contribution is -0.210. The molecular weight excluding hydrogens is 372 g/mol. The summed E-state index contributed by atoms with van der Waals surface area (Å²) in [5, 5.41) is 10.7.